The van der Waals surface area contributed by atoms with Crippen LogP contribution in [-0.2, 0) is 0 Å². The van der Waals surface area contributed by atoms with E-state index in [0.717, 1.165) is 18.8 Å². The van der Waals surface area contributed by atoms with Crippen LogP contribution >= 0.6 is 0 Å². The van der Waals surface area contributed by atoms with E-state index in [4.69, 9.17) is 0 Å². The third kappa shape index (κ3) is 4.50. The molecule has 3 aromatic rings. The Morgan fingerprint density at radius 3 is 2.44 bits per heavy atom. The van der Waals surface area contributed by atoms with Crippen molar-refractivity contribution in [3.8, 4) is 6.07 Å². The van der Waals surface area contributed by atoms with Crippen molar-refractivity contribution in [1.82, 2.24) is 15.2 Å². The van der Waals surface area contributed by atoms with Crippen molar-refractivity contribution in [3.05, 3.63) is 60.3 Å². The molecule has 1 heterocycles. The lowest BCUT2D eigenvalue weighted by Gasteiger charge is -2.21. The molecule has 0 atom stereocenters. The van der Waals surface area contributed by atoms with E-state index >= 15 is 0 Å². The van der Waals surface area contributed by atoms with Crippen LogP contribution in [0.15, 0.2) is 54.7 Å². The summed E-state index contributed by atoms with van der Waals surface area (Å²) in [6, 6.07) is 17.5. The minimum absolute atomic E-state index is 0.322. The van der Waals surface area contributed by atoms with Crippen LogP contribution in [0, 0.1) is 11.3 Å². The first kappa shape index (κ1) is 18.1. The molecule has 0 spiro atoms. The van der Waals surface area contributed by atoms with E-state index in [9.17, 15) is 5.26 Å². The van der Waals surface area contributed by atoms with Crippen molar-refractivity contribution in [1.29, 1.82) is 5.26 Å². The maximum absolute atomic E-state index is 9.18. The lowest BCUT2D eigenvalue weighted by atomic mass is 10.2. The van der Waals surface area contributed by atoms with E-state index in [1.165, 1.54) is 5.69 Å². The predicted octanol–water partition coefficient (Wildman–Crippen LogP) is 4.08. The van der Waals surface area contributed by atoms with Crippen LogP contribution in [-0.4, -0.2) is 28.3 Å². The number of benzene rings is 2. The van der Waals surface area contributed by atoms with E-state index in [1.807, 2.05) is 24.3 Å². The van der Waals surface area contributed by atoms with Crippen LogP contribution in [0.5, 0.6) is 0 Å². The number of nitrogens with one attached hydrogen (secondary N) is 2. The monoisotopic (exact) mass is 359 g/mol. The van der Waals surface area contributed by atoms with Gasteiger partial charge in [0, 0.05) is 24.5 Å². The van der Waals surface area contributed by atoms with Gasteiger partial charge < -0.3 is 15.5 Å². The third-order valence-corrected chi connectivity index (χ3v) is 4.12. The molecule has 0 amide bonds. The molecule has 0 radical (unpaired) electrons. The van der Waals surface area contributed by atoms with Crippen molar-refractivity contribution in [2.45, 2.75) is 13.8 Å². The fraction of sp³-hybridized carbons (Fsp3) is 0.200. The summed E-state index contributed by atoms with van der Waals surface area (Å²) in [4.78, 5) is 6.70. The molecule has 0 saturated carbocycles. The van der Waals surface area contributed by atoms with Crippen LogP contribution in [0.25, 0.3) is 0 Å². The molecule has 0 aliphatic carbocycles. The second kappa shape index (κ2) is 8.63. The number of para-hydroxylation sites is 1. The van der Waals surface area contributed by atoms with Gasteiger partial charge in [-0.1, -0.05) is 12.1 Å². The molecule has 1 aromatic heterocycles. The second-order valence-electron chi connectivity index (χ2n) is 5.79. The summed E-state index contributed by atoms with van der Waals surface area (Å²) < 4.78 is 0. The van der Waals surface area contributed by atoms with Crippen molar-refractivity contribution in [3.63, 3.8) is 0 Å². The Morgan fingerprint density at radius 2 is 1.74 bits per heavy atom. The van der Waals surface area contributed by atoms with Gasteiger partial charge in [0.1, 0.15) is 6.07 Å². The molecule has 3 rings (SSSR count). The zero-order valence-corrected chi connectivity index (χ0v) is 15.3. The zero-order chi connectivity index (χ0) is 19.1. The van der Waals surface area contributed by atoms with E-state index in [0.29, 0.717) is 23.0 Å². The van der Waals surface area contributed by atoms with E-state index in [-0.39, 0.29) is 0 Å². The maximum atomic E-state index is 9.18. The van der Waals surface area contributed by atoms with Crippen molar-refractivity contribution < 1.29 is 0 Å². The van der Waals surface area contributed by atoms with Gasteiger partial charge in [-0.25, -0.2) is 0 Å². The highest BCUT2D eigenvalue weighted by Crippen LogP contribution is 2.21. The van der Waals surface area contributed by atoms with Gasteiger partial charge in [0.05, 0.1) is 17.4 Å². The summed E-state index contributed by atoms with van der Waals surface area (Å²) in [5.41, 5.74) is 3.26. The molecule has 0 fully saturated rings. The largest absolute Gasteiger partial charge is 0.372 e. The molecule has 27 heavy (non-hydrogen) atoms. The zero-order valence-electron chi connectivity index (χ0n) is 15.3. The molecule has 0 aliphatic rings. The average Bonchev–Trinajstić information content (AvgIpc) is 2.71. The van der Waals surface area contributed by atoms with Gasteiger partial charge >= 0.3 is 0 Å². The van der Waals surface area contributed by atoms with E-state index in [2.05, 4.69) is 62.8 Å². The molecular formula is C20H21N7. The van der Waals surface area contributed by atoms with Crippen LogP contribution in [0.2, 0.25) is 0 Å². The Balaban J connectivity index is 1.73. The van der Waals surface area contributed by atoms with Crippen molar-refractivity contribution >= 4 is 28.8 Å². The maximum Gasteiger partial charge on any atom is 0.249 e. The molecule has 136 valence electrons. The lowest BCUT2D eigenvalue weighted by molar-refractivity contribution is 0.866. The fourth-order valence-corrected chi connectivity index (χ4v) is 2.72. The van der Waals surface area contributed by atoms with E-state index < -0.39 is 0 Å². The first-order chi connectivity index (χ1) is 13.2. The quantitative estimate of drug-likeness (QED) is 0.657. The van der Waals surface area contributed by atoms with Gasteiger partial charge in [0.2, 0.25) is 5.95 Å². The Labute approximate surface area is 158 Å². The molecule has 2 aromatic carbocycles. The third-order valence-electron chi connectivity index (χ3n) is 4.12. The molecule has 0 unspecified atom stereocenters. The summed E-state index contributed by atoms with van der Waals surface area (Å²) in [6.07, 6.45) is 1.56. The van der Waals surface area contributed by atoms with Gasteiger partial charge in [-0.05, 0) is 50.2 Å². The number of hydrogen-bond donors (Lipinski definition) is 2. The number of nitrogens with zero attached hydrogens (tertiary/aromatic N) is 5. The Kier molecular flexibility index (Phi) is 5.80. The lowest BCUT2D eigenvalue weighted by Crippen LogP contribution is -2.21. The Bertz CT molecular complexity index is 928. The topological polar surface area (TPSA) is 89.8 Å². The first-order valence-electron chi connectivity index (χ1n) is 8.81. The van der Waals surface area contributed by atoms with Crippen LogP contribution in [0.1, 0.15) is 19.4 Å². The second-order valence-corrected chi connectivity index (χ2v) is 5.79. The van der Waals surface area contributed by atoms with Crippen LogP contribution < -0.4 is 15.5 Å². The van der Waals surface area contributed by atoms with Gasteiger partial charge in [-0.15, -0.1) is 5.10 Å². The molecule has 7 heteroatoms. The summed E-state index contributed by atoms with van der Waals surface area (Å²) >= 11 is 0. The van der Waals surface area contributed by atoms with Crippen LogP contribution in [0.4, 0.5) is 28.8 Å². The SMILES string of the molecule is CCN(CC)c1ccc(Nc2cnnc(Nc3ccccc3C#N)n2)cc1. The summed E-state index contributed by atoms with van der Waals surface area (Å²) in [7, 11) is 0. The number of hydrogen-bond acceptors (Lipinski definition) is 7. The van der Waals surface area contributed by atoms with Crippen molar-refractivity contribution in [2.24, 2.45) is 0 Å². The molecule has 2 N–H and O–H groups in total. The predicted molar refractivity (Wildman–Crippen MR) is 108 cm³/mol. The van der Waals surface area contributed by atoms with Crippen LogP contribution in [0.3, 0.4) is 0 Å². The highest BCUT2D eigenvalue weighted by molar-refractivity contribution is 5.64. The molecule has 0 aliphatic heterocycles. The molecular weight excluding hydrogens is 338 g/mol. The Morgan fingerprint density at radius 1 is 1.00 bits per heavy atom. The highest BCUT2D eigenvalue weighted by Gasteiger charge is 2.06. The fourth-order valence-electron chi connectivity index (χ4n) is 2.72. The summed E-state index contributed by atoms with van der Waals surface area (Å²) in [5, 5.41) is 23.4. The first-order valence-corrected chi connectivity index (χ1v) is 8.81. The van der Waals surface area contributed by atoms with Gasteiger partial charge in [-0.2, -0.15) is 15.3 Å². The average molecular weight is 359 g/mol. The minimum atomic E-state index is 0.322. The number of anilines is 5. The normalized spacial score (nSPS) is 10.1. The standard InChI is InChI=1S/C20H21N7/c1-3-27(4-2)17-11-9-16(10-12-17)23-19-14-22-26-20(25-19)24-18-8-6-5-7-15(18)13-21/h5-12,14H,3-4H2,1-2H3,(H2,23,24,25,26). The van der Waals surface area contributed by atoms with E-state index in [1.54, 1.807) is 18.3 Å². The number of nitriles is 1. The number of rotatable bonds is 7. The van der Waals surface area contributed by atoms with Crippen molar-refractivity contribution in [2.75, 3.05) is 28.6 Å². The Hall–Kier alpha value is -3.66. The smallest absolute Gasteiger partial charge is 0.249 e. The number of aromatic nitrogens is 3. The molecule has 7 nitrogen and oxygen atoms in total. The summed E-state index contributed by atoms with van der Waals surface area (Å²) in [5.74, 6) is 0.889. The summed E-state index contributed by atoms with van der Waals surface area (Å²) in [6.45, 7) is 6.22. The minimum Gasteiger partial charge on any atom is -0.372 e. The van der Waals surface area contributed by atoms with Gasteiger partial charge in [0.15, 0.2) is 5.82 Å². The van der Waals surface area contributed by atoms with Gasteiger partial charge in [0.25, 0.3) is 0 Å². The van der Waals surface area contributed by atoms with Gasteiger partial charge in [-0.3, -0.25) is 0 Å². The molecule has 0 saturated heterocycles. The highest BCUT2D eigenvalue weighted by atomic mass is 15.3. The molecule has 0 bridgehead atoms.